The fourth-order valence-electron chi connectivity index (χ4n) is 3.71. The van der Waals surface area contributed by atoms with E-state index in [1.165, 1.54) is 4.90 Å². The Kier molecular flexibility index (Phi) is 4.85. The number of aliphatic carboxylic acids is 1. The molecule has 2 aliphatic rings. The molecule has 3 N–H and O–H groups in total. The topological polar surface area (TPSA) is 101 Å². The lowest BCUT2D eigenvalue weighted by atomic mass is 9.82. The summed E-state index contributed by atoms with van der Waals surface area (Å²) in [6.07, 6.45) is 6.60. The van der Waals surface area contributed by atoms with Gasteiger partial charge in [-0.1, -0.05) is 25.7 Å². The van der Waals surface area contributed by atoms with Gasteiger partial charge in [-0.2, -0.15) is 0 Å². The second kappa shape index (κ2) is 6.45. The third-order valence-corrected chi connectivity index (χ3v) is 4.92. The highest BCUT2D eigenvalue weighted by molar-refractivity contribution is 5.88. The Morgan fingerprint density at radius 2 is 1.67 bits per heavy atom. The van der Waals surface area contributed by atoms with E-state index in [0.29, 0.717) is 12.8 Å². The maximum Gasteiger partial charge on any atom is 0.310 e. The average Bonchev–Trinajstić information content (AvgIpc) is 3.07. The van der Waals surface area contributed by atoms with Crippen LogP contribution in [0, 0.1) is 5.41 Å². The van der Waals surface area contributed by atoms with Crippen molar-refractivity contribution in [3.05, 3.63) is 0 Å². The van der Waals surface area contributed by atoms with Crippen LogP contribution in [-0.2, 0) is 14.4 Å². The molecule has 2 rings (SSSR count). The van der Waals surface area contributed by atoms with Crippen LogP contribution in [0.2, 0.25) is 0 Å². The molecule has 0 unspecified atom stereocenters. The summed E-state index contributed by atoms with van der Waals surface area (Å²) in [7, 11) is 0. The van der Waals surface area contributed by atoms with Gasteiger partial charge in [0.2, 0.25) is 11.8 Å². The zero-order valence-electron chi connectivity index (χ0n) is 12.3. The van der Waals surface area contributed by atoms with E-state index in [2.05, 4.69) is 0 Å². The van der Waals surface area contributed by atoms with E-state index >= 15 is 0 Å². The molecule has 2 saturated carbocycles. The van der Waals surface area contributed by atoms with Crippen LogP contribution >= 0.6 is 0 Å². The van der Waals surface area contributed by atoms with E-state index in [0.717, 1.165) is 38.5 Å². The molecule has 118 valence electrons. The summed E-state index contributed by atoms with van der Waals surface area (Å²) in [5, 5.41) is 9.48. The minimum Gasteiger partial charge on any atom is -0.481 e. The Morgan fingerprint density at radius 1 is 1.10 bits per heavy atom. The summed E-state index contributed by atoms with van der Waals surface area (Å²) < 4.78 is 0. The van der Waals surface area contributed by atoms with Gasteiger partial charge in [-0.15, -0.1) is 0 Å². The predicted molar refractivity (Wildman–Crippen MR) is 76.3 cm³/mol. The summed E-state index contributed by atoms with van der Waals surface area (Å²) >= 11 is 0. The second-order valence-electron chi connectivity index (χ2n) is 6.40. The van der Waals surface area contributed by atoms with Gasteiger partial charge in [0.25, 0.3) is 0 Å². The quantitative estimate of drug-likeness (QED) is 0.771. The van der Waals surface area contributed by atoms with E-state index in [-0.39, 0.29) is 24.9 Å². The van der Waals surface area contributed by atoms with Gasteiger partial charge in [0.1, 0.15) is 0 Å². The molecular weight excluding hydrogens is 272 g/mol. The molecule has 2 amide bonds. The molecule has 0 heterocycles. The van der Waals surface area contributed by atoms with E-state index in [1.807, 2.05) is 0 Å². The number of rotatable bonds is 6. The number of carboxylic acid groups (broad SMARTS) is 1. The van der Waals surface area contributed by atoms with E-state index in [4.69, 9.17) is 5.73 Å². The van der Waals surface area contributed by atoms with Crippen molar-refractivity contribution in [3.8, 4) is 0 Å². The number of primary amides is 1. The Balaban J connectivity index is 2.09. The molecule has 0 radical (unpaired) electrons. The van der Waals surface area contributed by atoms with Crippen LogP contribution in [0.15, 0.2) is 0 Å². The second-order valence-corrected chi connectivity index (χ2v) is 6.40. The number of hydrogen-bond donors (Lipinski definition) is 2. The highest BCUT2D eigenvalue weighted by Crippen LogP contribution is 2.42. The highest BCUT2D eigenvalue weighted by Gasteiger charge is 2.44. The lowest BCUT2D eigenvalue weighted by Gasteiger charge is -2.31. The fourth-order valence-corrected chi connectivity index (χ4v) is 3.71. The zero-order chi connectivity index (χ0) is 15.5. The van der Waals surface area contributed by atoms with Gasteiger partial charge >= 0.3 is 5.97 Å². The first-order valence-electron chi connectivity index (χ1n) is 7.76. The number of nitrogens with two attached hydrogens (primary N) is 1. The monoisotopic (exact) mass is 296 g/mol. The minimum atomic E-state index is -0.939. The summed E-state index contributed by atoms with van der Waals surface area (Å²) in [5.74, 6) is -1.66. The van der Waals surface area contributed by atoms with Crippen molar-refractivity contribution in [2.75, 3.05) is 6.54 Å². The van der Waals surface area contributed by atoms with Crippen molar-refractivity contribution in [1.82, 2.24) is 4.90 Å². The van der Waals surface area contributed by atoms with E-state index in [1.54, 1.807) is 0 Å². The molecular formula is C15H24N2O4. The molecule has 0 aliphatic heterocycles. The number of amides is 2. The summed E-state index contributed by atoms with van der Waals surface area (Å²) in [5.41, 5.74) is 4.31. The Bertz CT molecular complexity index is 423. The van der Waals surface area contributed by atoms with Gasteiger partial charge in [-0.3, -0.25) is 14.4 Å². The molecule has 21 heavy (non-hydrogen) atoms. The van der Waals surface area contributed by atoms with E-state index < -0.39 is 17.3 Å². The highest BCUT2D eigenvalue weighted by atomic mass is 16.4. The third kappa shape index (κ3) is 3.54. The van der Waals surface area contributed by atoms with Gasteiger partial charge < -0.3 is 15.7 Å². The molecule has 2 aliphatic carbocycles. The normalized spacial score (nSPS) is 21.3. The fraction of sp³-hybridized carbons (Fsp3) is 0.800. The van der Waals surface area contributed by atoms with Crippen LogP contribution < -0.4 is 5.73 Å². The van der Waals surface area contributed by atoms with Crippen LogP contribution in [0.1, 0.15) is 57.8 Å². The van der Waals surface area contributed by atoms with Gasteiger partial charge in [0.05, 0.1) is 12.0 Å². The average molecular weight is 296 g/mol. The number of carbonyl (C=O) groups excluding carboxylic acids is 2. The molecule has 2 fully saturated rings. The molecule has 0 aromatic carbocycles. The Hall–Kier alpha value is -1.59. The Morgan fingerprint density at radius 3 is 2.14 bits per heavy atom. The van der Waals surface area contributed by atoms with Crippen LogP contribution in [0.5, 0.6) is 0 Å². The van der Waals surface area contributed by atoms with Gasteiger partial charge in [-0.25, -0.2) is 0 Å². The van der Waals surface area contributed by atoms with Crippen LogP contribution in [0.3, 0.4) is 0 Å². The van der Waals surface area contributed by atoms with Crippen LogP contribution in [-0.4, -0.2) is 40.4 Å². The molecule has 0 spiro atoms. The SMILES string of the molecule is NC(=O)CN(C(=O)CC1(C(=O)O)CCCC1)C1CCCC1. The molecule has 0 saturated heterocycles. The van der Waals surface area contributed by atoms with E-state index in [9.17, 15) is 19.5 Å². The maximum atomic E-state index is 12.6. The number of nitrogens with zero attached hydrogens (tertiary/aromatic N) is 1. The van der Waals surface area contributed by atoms with Crippen molar-refractivity contribution in [1.29, 1.82) is 0 Å². The molecule has 6 nitrogen and oxygen atoms in total. The van der Waals surface area contributed by atoms with Crippen molar-refractivity contribution in [3.63, 3.8) is 0 Å². The number of carboxylic acids is 1. The molecule has 0 bridgehead atoms. The smallest absolute Gasteiger partial charge is 0.310 e. The first-order chi connectivity index (χ1) is 9.94. The van der Waals surface area contributed by atoms with Crippen molar-refractivity contribution >= 4 is 17.8 Å². The Labute approximate surface area is 124 Å². The summed E-state index contributed by atoms with van der Waals surface area (Å²) in [6.45, 7) is -0.0980. The molecule has 0 atom stereocenters. The summed E-state index contributed by atoms with van der Waals surface area (Å²) in [4.78, 5) is 36.9. The lowest BCUT2D eigenvalue weighted by Crippen LogP contribution is -2.46. The minimum absolute atomic E-state index is 0.00782. The zero-order valence-corrected chi connectivity index (χ0v) is 12.3. The van der Waals surface area contributed by atoms with Crippen molar-refractivity contribution < 1.29 is 19.5 Å². The molecule has 0 aromatic rings. The van der Waals surface area contributed by atoms with Gasteiger partial charge in [0.15, 0.2) is 0 Å². The predicted octanol–water partition coefficient (Wildman–Crippen LogP) is 1.28. The van der Waals surface area contributed by atoms with Crippen molar-refractivity contribution in [2.45, 2.75) is 63.8 Å². The molecule has 0 aromatic heterocycles. The van der Waals surface area contributed by atoms with Crippen molar-refractivity contribution in [2.24, 2.45) is 11.1 Å². The third-order valence-electron chi connectivity index (χ3n) is 4.92. The number of hydrogen-bond acceptors (Lipinski definition) is 3. The summed E-state index contributed by atoms with van der Waals surface area (Å²) in [6, 6.07) is 0.0391. The lowest BCUT2D eigenvalue weighted by molar-refractivity contribution is -0.154. The number of carbonyl (C=O) groups is 3. The molecule has 6 heteroatoms. The van der Waals surface area contributed by atoms with Gasteiger partial charge in [0, 0.05) is 12.5 Å². The maximum absolute atomic E-state index is 12.6. The van der Waals surface area contributed by atoms with Gasteiger partial charge in [-0.05, 0) is 25.7 Å². The van der Waals surface area contributed by atoms with Crippen LogP contribution in [0.4, 0.5) is 0 Å². The first kappa shape index (κ1) is 15.8. The largest absolute Gasteiger partial charge is 0.481 e. The first-order valence-corrected chi connectivity index (χ1v) is 7.76. The van der Waals surface area contributed by atoms with Crippen LogP contribution in [0.25, 0.3) is 0 Å². The standard InChI is InChI=1S/C15H24N2O4/c16-12(18)10-17(11-5-1-2-6-11)13(19)9-15(14(20)21)7-3-4-8-15/h11H,1-10H2,(H2,16,18)(H,20,21).